The highest BCUT2D eigenvalue weighted by Gasteiger charge is 2.42. The molecule has 7 N–H and O–H groups in total. The van der Waals surface area contributed by atoms with E-state index >= 15 is 0 Å². The quantitative estimate of drug-likeness (QED) is 0.254. The summed E-state index contributed by atoms with van der Waals surface area (Å²) in [6, 6.07) is -0.942. The first-order chi connectivity index (χ1) is 6.11. The van der Waals surface area contributed by atoms with Crippen LogP contribution in [0.3, 0.4) is 0 Å². The Balaban J connectivity index is 2.66. The fourth-order valence-electron chi connectivity index (χ4n) is 1.25. The third kappa shape index (κ3) is 1.97. The van der Waals surface area contributed by atoms with E-state index in [1.54, 1.807) is 5.48 Å². The van der Waals surface area contributed by atoms with Crippen LogP contribution in [0.4, 0.5) is 0 Å². The van der Waals surface area contributed by atoms with E-state index in [-0.39, 0.29) is 0 Å². The van der Waals surface area contributed by atoms with E-state index in [0.29, 0.717) is 0 Å². The maximum Gasteiger partial charge on any atom is 0.148 e. The molecule has 1 fully saturated rings. The summed E-state index contributed by atoms with van der Waals surface area (Å²) < 4.78 is 4.93. The Labute approximate surface area is 74.7 Å². The zero-order valence-corrected chi connectivity index (χ0v) is 6.87. The SMILES string of the molecule is N[C@H]1[C@@H](O)[C@H](O)[C@@H](CO)O[C@H]1NO. The predicted molar refractivity (Wildman–Crippen MR) is 40.7 cm³/mol. The second-order valence-electron chi connectivity index (χ2n) is 2.97. The molecule has 1 heterocycles. The number of hydrogen-bond acceptors (Lipinski definition) is 7. The molecule has 0 aromatic carbocycles. The molecule has 78 valence electrons. The van der Waals surface area contributed by atoms with Gasteiger partial charge in [0.1, 0.15) is 24.5 Å². The lowest BCUT2D eigenvalue weighted by molar-refractivity contribution is -0.217. The van der Waals surface area contributed by atoms with Gasteiger partial charge in [-0.25, -0.2) is 0 Å². The van der Waals surface area contributed by atoms with Crippen LogP contribution in [0.2, 0.25) is 0 Å². The number of aliphatic hydroxyl groups excluding tert-OH is 3. The van der Waals surface area contributed by atoms with Gasteiger partial charge in [-0.3, -0.25) is 0 Å². The molecule has 1 aliphatic rings. The Hall–Kier alpha value is -0.280. The van der Waals surface area contributed by atoms with Crippen molar-refractivity contribution in [1.29, 1.82) is 0 Å². The second-order valence-corrected chi connectivity index (χ2v) is 2.97. The normalized spacial score (nSPS) is 46.4. The van der Waals surface area contributed by atoms with Crippen LogP contribution in [0.25, 0.3) is 0 Å². The lowest BCUT2D eigenvalue weighted by Crippen LogP contribution is -2.65. The first-order valence-electron chi connectivity index (χ1n) is 3.89. The van der Waals surface area contributed by atoms with Crippen molar-refractivity contribution in [2.75, 3.05) is 6.61 Å². The summed E-state index contributed by atoms with van der Waals surface area (Å²) in [4.78, 5) is 0. The Morgan fingerprint density at radius 1 is 1.31 bits per heavy atom. The van der Waals surface area contributed by atoms with Gasteiger partial charge < -0.3 is 31.0 Å². The lowest BCUT2D eigenvalue weighted by Gasteiger charge is -2.39. The molecule has 0 spiro atoms. The maximum atomic E-state index is 9.33. The molecule has 0 aliphatic carbocycles. The van der Waals surface area contributed by atoms with Crippen molar-refractivity contribution in [3.63, 3.8) is 0 Å². The molecule has 0 aromatic rings. The van der Waals surface area contributed by atoms with Crippen molar-refractivity contribution in [1.82, 2.24) is 5.48 Å². The van der Waals surface area contributed by atoms with Crippen LogP contribution in [-0.4, -0.2) is 57.7 Å². The molecule has 0 bridgehead atoms. The van der Waals surface area contributed by atoms with E-state index in [0.717, 1.165) is 0 Å². The smallest absolute Gasteiger partial charge is 0.148 e. The molecule has 7 heteroatoms. The summed E-state index contributed by atoms with van der Waals surface area (Å²) in [6.07, 6.45) is -4.42. The number of rotatable bonds is 2. The standard InChI is InChI=1S/C6H14N2O5/c7-3-5(11)4(10)2(1-9)13-6(3)8-12/h2-6,8-12H,1,7H2/t2-,3+,4-,5-,6-/m1/s1. The van der Waals surface area contributed by atoms with Crippen molar-refractivity contribution >= 4 is 0 Å². The molecular formula is C6H14N2O5. The average molecular weight is 194 g/mol. The zero-order chi connectivity index (χ0) is 10.0. The van der Waals surface area contributed by atoms with Crippen molar-refractivity contribution in [2.24, 2.45) is 5.73 Å². The Bertz CT molecular complexity index is 149. The minimum absolute atomic E-state index is 0.455. The van der Waals surface area contributed by atoms with E-state index in [4.69, 9.17) is 20.8 Å². The number of nitrogens with one attached hydrogen (secondary N) is 1. The molecule has 0 aromatic heterocycles. The van der Waals surface area contributed by atoms with Crippen LogP contribution in [0.15, 0.2) is 0 Å². The highest BCUT2D eigenvalue weighted by atomic mass is 16.6. The van der Waals surface area contributed by atoms with Crippen molar-refractivity contribution in [3.05, 3.63) is 0 Å². The number of ether oxygens (including phenoxy) is 1. The van der Waals surface area contributed by atoms with E-state index < -0.39 is 37.2 Å². The van der Waals surface area contributed by atoms with Gasteiger partial charge >= 0.3 is 0 Å². The van der Waals surface area contributed by atoms with Crippen LogP contribution in [0, 0.1) is 0 Å². The summed E-state index contributed by atoms with van der Waals surface area (Å²) in [6.45, 7) is -0.455. The predicted octanol–water partition coefficient (Wildman–Crippen LogP) is -3.27. The summed E-state index contributed by atoms with van der Waals surface area (Å²) in [5.41, 5.74) is 7.14. The largest absolute Gasteiger partial charge is 0.394 e. The van der Waals surface area contributed by atoms with Gasteiger partial charge in [-0.2, -0.15) is 5.48 Å². The molecule has 0 radical (unpaired) electrons. The molecule has 13 heavy (non-hydrogen) atoms. The summed E-state index contributed by atoms with van der Waals surface area (Å²) in [5.74, 6) is 0. The second kappa shape index (κ2) is 4.29. The molecule has 1 rings (SSSR count). The summed E-state index contributed by atoms with van der Waals surface area (Å²) >= 11 is 0. The fourth-order valence-corrected chi connectivity index (χ4v) is 1.25. The fraction of sp³-hybridized carbons (Fsp3) is 1.00. The monoisotopic (exact) mass is 194 g/mol. The summed E-state index contributed by atoms with van der Waals surface area (Å²) in [7, 11) is 0. The van der Waals surface area contributed by atoms with Gasteiger partial charge in [-0.15, -0.1) is 0 Å². The van der Waals surface area contributed by atoms with Crippen molar-refractivity contribution in [2.45, 2.75) is 30.6 Å². The topological polar surface area (TPSA) is 128 Å². The average Bonchev–Trinajstić information content (AvgIpc) is 2.15. The van der Waals surface area contributed by atoms with Crippen LogP contribution in [-0.2, 0) is 4.74 Å². The Morgan fingerprint density at radius 3 is 2.38 bits per heavy atom. The first kappa shape index (κ1) is 10.8. The minimum atomic E-state index is -1.25. The van der Waals surface area contributed by atoms with Crippen LogP contribution < -0.4 is 11.2 Å². The van der Waals surface area contributed by atoms with E-state index in [9.17, 15) is 10.2 Å². The third-order valence-electron chi connectivity index (χ3n) is 2.10. The van der Waals surface area contributed by atoms with Gasteiger partial charge in [-0.1, -0.05) is 0 Å². The van der Waals surface area contributed by atoms with E-state index in [1.807, 2.05) is 0 Å². The maximum absolute atomic E-state index is 9.33. The number of nitrogens with two attached hydrogens (primary N) is 1. The molecule has 0 saturated carbocycles. The molecule has 1 saturated heterocycles. The third-order valence-corrected chi connectivity index (χ3v) is 2.10. The van der Waals surface area contributed by atoms with Crippen molar-refractivity contribution in [3.8, 4) is 0 Å². The van der Waals surface area contributed by atoms with Crippen molar-refractivity contribution < 1.29 is 25.3 Å². The van der Waals surface area contributed by atoms with Crippen LogP contribution >= 0.6 is 0 Å². The number of aliphatic hydroxyl groups is 3. The highest BCUT2D eigenvalue weighted by Crippen LogP contribution is 2.17. The summed E-state index contributed by atoms with van der Waals surface area (Å²) in [5, 5.41) is 35.9. The first-order valence-corrected chi connectivity index (χ1v) is 3.89. The van der Waals surface area contributed by atoms with Gasteiger partial charge in [0.05, 0.1) is 12.6 Å². The molecule has 0 amide bonds. The van der Waals surface area contributed by atoms with Crippen LogP contribution in [0.5, 0.6) is 0 Å². The Kier molecular flexibility index (Phi) is 3.56. The molecular weight excluding hydrogens is 180 g/mol. The van der Waals surface area contributed by atoms with Crippen LogP contribution in [0.1, 0.15) is 0 Å². The zero-order valence-electron chi connectivity index (χ0n) is 6.87. The number of hydroxylamine groups is 1. The van der Waals surface area contributed by atoms with Gasteiger partial charge in [0, 0.05) is 0 Å². The van der Waals surface area contributed by atoms with Gasteiger partial charge in [0.2, 0.25) is 0 Å². The molecule has 5 atom stereocenters. The Morgan fingerprint density at radius 2 is 1.92 bits per heavy atom. The van der Waals surface area contributed by atoms with E-state index in [1.165, 1.54) is 0 Å². The van der Waals surface area contributed by atoms with Gasteiger partial charge in [0.25, 0.3) is 0 Å². The highest BCUT2D eigenvalue weighted by molar-refractivity contribution is 4.92. The van der Waals surface area contributed by atoms with Gasteiger partial charge in [0.15, 0.2) is 0 Å². The molecule has 7 nitrogen and oxygen atoms in total. The lowest BCUT2D eigenvalue weighted by atomic mass is 9.97. The minimum Gasteiger partial charge on any atom is -0.394 e. The molecule has 1 aliphatic heterocycles. The van der Waals surface area contributed by atoms with Gasteiger partial charge in [-0.05, 0) is 0 Å². The van der Waals surface area contributed by atoms with E-state index in [2.05, 4.69) is 0 Å². The number of hydrogen-bond donors (Lipinski definition) is 6. The molecule has 0 unspecified atom stereocenters.